The number of urea groups is 1. The summed E-state index contributed by atoms with van der Waals surface area (Å²) < 4.78 is 12.0. The van der Waals surface area contributed by atoms with Crippen molar-refractivity contribution in [1.29, 1.82) is 0 Å². The summed E-state index contributed by atoms with van der Waals surface area (Å²) in [5.41, 5.74) is 2.54. The van der Waals surface area contributed by atoms with Crippen molar-refractivity contribution in [3.05, 3.63) is 70.8 Å². The van der Waals surface area contributed by atoms with Crippen molar-refractivity contribution < 1.29 is 28.7 Å². The smallest absolute Gasteiger partial charge is 0.407 e. The first-order chi connectivity index (χ1) is 23.9. The number of amides is 4. The summed E-state index contributed by atoms with van der Waals surface area (Å²) in [4.78, 5) is 72.7. The van der Waals surface area contributed by atoms with Gasteiger partial charge < -0.3 is 40.3 Å². The van der Waals surface area contributed by atoms with Gasteiger partial charge >= 0.3 is 23.8 Å². The highest BCUT2D eigenvalue weighted by Gasteiger charge is 2.31. The third-order valence-corrected chi connectivity index (χ3v) is 8.84. The highest BCUT2D eigenvalue weighted by molar-refractivity contribution is 5.92. The number of H-pyrrole nitrogens is 2. The van der Waals surface area contributed by atoms with Gasteiger partial charge in [0.2, 0.25) is 5.91 Å². The number of nitrogens with one attached hydrogen (secondary N) is 5. The average Bonchev–Trinajstić information content (AvgIpc) is 3.65. The molecule has 0 bridgehead atoms. The Morgan fingerprint density at radius 2 is 1.64 bits per heavy atom. The molecule has 14 nitrogen and oxygen atoms in total. The summed E-state index contributed by atoms with van der Waals surface area (Å²) in [6, 6.07) is 12.8. The molecule has 0 aliphatic carbocycles. The Morgan fingerprint density at radius 1 is 0.940 bits per heavy atom. The van der Waals surface area contributed by atoms with Gasteiger partial charge in [0.25, 0.3) is 0 Å². The van der Waals surface area contributed by atoms with Crippen LogP contribution < -0.4 is 21.6 Å². The van der Waals surface area contributed by atoms with Crippen LogP contribution in [0, 0.1) is 0 Å². The summed E-state index contributed by atoms with van der Waals surface area (Å²) in [5, 5.41) is 9.34. The third-order valence-electron chi connectivity index (χ3n) is 8.84. The number of esters is 1. The number of hydrogen-bond donors (Lipinski definition) is 5. The van der Waals surface area contributed by atoms with Crippen LogP contribution in [0.2, 0.25) is 0 Å². The zero-order chi connectivity index (χ0) is 35.8. The zero-order valence-corrected chi connectivity index (χ0v) is 29.0. The van der Waals surface area contributed by atoms with Gasteiger partial charge in [0.15, 0.2) is 0 Å². The third kappa shape index (κ3) is 9.04. The van der Waals surface area contributed by atoms with Crippen molar-refractivity contribution in [2.24, 2.45) is 0 Å². The fourth-order valence-electron chi connectivity index (χ4n) is 6.38. The van der Waals surface area contributed by atoms with Crippen molar-refractivity contribution in [2.45, 2.75) is 83.0 Å². The molecule has 2 aromatic carbocycles. The number of unbranched alkanes of at least 4 members (excludes halogenated alkanes) is 1. The molecule has 2 atom stereocenters. The van der Waals surface area contributed by atoms with Crippen LogP contribution in [-0.4, -0.2) is 87.9 Å². The fraction of sp³-hybridized carbons (Fsp3) is 0.472. The summed E-state index contributed by atoms with van der Waals surface area (Å²) in [5.74, 6) is -1.13. The summed E-state index contributed by atoms with van der Waals surface area (Å²) in [6.07, 6.45) is 3.92. The molecule has 1 aliphatic heterocycles. The molecular formula is C36H47N7O7. The summed E-state index contributed by atoms with van der Waals surface area (Å²) >= 11 is 0. The predicted octanol–water partition coefficient (Wildman–Crippen LogP) is 4.12. The highest BCUT2D eigenvalue weighted by Crippen LogP contribution is 2.25. The second-order valence-corrected chi connectivity index (χ2v) is 13.6. The van der Waals surface area contributed by atoms with Gasteiger partial charge in [-0.15, -0.1) is 0 Å². The first-order valence-electron chi connectivity index (χ1n) is 17.1. The predicted molar refractivity (Wildman–Crippen MR) is 189 cm³/mol. The van der Waals surface area contributed by atoms with Crippen molar-refractivity contribution in [1.82, 2.24) is 35.4 Å². The van der Waals surface area contributed by atoms with Gasteiger partial charge in [0.05, 0.1) is 18.1 Å². The van der Waals surface area contributed by atoms with Gasteiger partial charge in [-0.1, -0.05) is 30.3 Å². The number of alkyl carbamates (subject to hydrolysis) is 1. The molecule has 5 N–H and O–H groups in total. The first kappa shape index (κ1) is 36.0. The van der Waals surface area contributed by atoms with E-state index in [1.807, 2.05) is 54.7 Å². The minimum absolute atomic E-state index is 0.0758. The number of aromatic amines is 2. The van der Waals surface area contributed by atoms with E-state index in [0.717, 1.165) is 27.5 Å². The number of hydrogen-bond acceptors (Lipinski definition) is 7. The molecule has 4 aromatic rings. The monoisotopic (exact) mass is 689 g/mol. The molecule has 4 amide bonds. The number of likely N-dealkylation sites (tertiary alicyclic amines) is 1. The van der Waals surface area contributed by atoms with Crippen molar-refractivity contribution in [3.8, 4) is 0 Å². The number of nitrogens with zero attached hydrogens (tertiary/aromatic N) is 2. The molecule has 268 valence electrons. The molecule has 1 saturated heterocycles. The van der Waals surface area contributed by atoms with E-state index in [4.69, 9.17) is 9.47 Å². The van der Waals surface area contributed by atoms with E-state index in [2.05, 4.69) is 25.9 Å². The van der Waals surface area contributed by atoms with Crippen LogP contribution in [0.5, 0.6) is 0 Å². The Balaban J connectivity index is 1.23. The van der Waals surface area contributed by atoms with Crippen LogP contribution >= 0.6 is 0 Å². The van der Waals surface area contributed by atoms with E-state index in [1.165, 1.54) is 7.11 Å². The second-order valence-electron chi connectivity index (χ2n) is 13.6. The van der Waals surface area contributed by atoms with Crippen LogP contribution in [0.15, 0.2) is 59.5 Å². The SMILES string of the molecule is COC(=O)[C@H](CCCCNC(=O)OC(C)(C)C)NC(=O)[C@@H](Cc1c[nH]c2ccccc12)NC(=O)N1CCC(n2c(=O)[nH]c3ccccc32)CC1. The normalized spacial score (nSPS) is 15.0. The van der Waals surface area contributed by atoms with Crippen LogP contribution in [0.25, 0.3) is 21.9 Å². The Kier molecular flexibility index (Phi) is 11.5. The number of aromatic nitrogens is 3. The fourth-order valence-corrected chi connectivity index (χ4v) is 6.38. The molecule has 0 saturated carbocycles. The van der Waals surface area contributed by atoms with Gasteiger partial charge in [-0.05, 0) is 76.6 Å². The first-order valence-corrected chi connectivity index (χ1v) is 17.1. The quantitative estimate of drug-likeness (QED) is 0.110. The maximum absolute atomic E-state index is 13.9. The van der Waals surface area contributed by atoms with E-state index in [1.54, 1.807) is 30.2 Å². The van der Waals surface area contributed by atoms with Crippen LogP contribution in [-0.2, 0) is 25.5 Å². The van der Waals surface area contributed by atoms with Crippen molar-refractivity contribution in [3.63, 3.8) is 0 Å². The van der Waals surface area contributed by atoms with E-state index in [9.17, 15) is 24.0 Å². The summed E-state index contributed by atoms with van der Waals surface area (Å²) in [7, 11) is 1.25. The van der Waals surface area contributed by atoms with Crippen molar-refractivity contribution in [2.75, 3.05) is 26.7 Å². The maximum Gasteiger partial charge on any atom is 0.407 e. The minimum atomic E-state index is -1.00. The lowest BCUT2D eigenvalue weighted by Gasteiger charge is -2.33. The number of para-hydroxylation sites is 3. The number of rotatable bonds is 12. The molecule has 5 rings (SSSR count). The molecule has 14 heteroatoms. The van der Waals surface area contributed by atoms with Crippen LogP contribution in [0.3, 0.4) is 0 Å². The maximum atomic E-state index is 13.9. The number of fused-ring (bicyclic) bond motifs is 2. The van der Waals surface area contributed by atoms with E-state index < -0.39 is 41.7 Å². The molecule has 3 heterocycles. The topological polar surface area (TPSA) is 180 Å². The molecule has 1 fully saturated rings. The van der Waals surface area contributed by atoms with Gasteiger partial charge in [-0.3, -0.25) is 9.36 Å². The number of carbonyl (C=O) groups is 4. The molecule has 50 heavy (non-hydrogen) atoms. The number of methoxy groups -OCH3 is 1. The van der Waals surface area contributed by atoms with Gasteiger partial charge in [0, 0.05) is 49.2 Å². The molecule has 1 aliphatic rings. The van der Waals surface area contributed by atoms with Gasteiger partial charge in [-0.25, -0.2) is 19.2 Å². The van der Waals surface area contributed by atoms with Gasteiger partial charge in [-0.2, -0.15) is 0 Å². The van der Waals surface area contributed by atoms with Crippen LogP contribution in [0.4, 0.5) is 9.59 Å². The zero-order valence-electron chi connectivity index (χ0n) is 29.0. The van der Waals surface area contributed by atoms with Crippen molar-refractivity contribution >= 4 is 45.9 Å². The number of ether oxygens (including phenoxy) is 2. The van der Waals surface area contributed by atoms with E-state index in [0.29, 0.717) is 45.3 Å². The number of benzene rings is 2. The largest absolute Gasteiger partial charge is 0.467 e. The lowest BCUT2D eigenvalue weighted by atomic mass is 10.0. The number of imidazole rings is 1. The van der Waals surface area contributed by atoms with Gasteiger partial charge in [0.1, 0.15) is 17.7 Å². The van der Waals surface area contributed by atoms with Crippen LogP contribution in [0.1, 0.15) is 64.5 Å². The average molecular weight is 690 g/mol. The number of carbonyl (C=O) groups excluding carboxylic acids is 4. The van der Waals surface area contributed by atoms with E-state index in [-0.39, 0.29) is 24.6 Å². The molecular weight excluding hydrogens is 642 g/mol. The Bertz CT molecular complexity index is 1860. The molecule has 0 unspecified atom stereocenters. The summed E-state index contributed by atoms with van der Waals surface area (Å²) in [6.45, 7) is 6.46. The highest BCUT2D eigenvalue weighted by atomic mass is 16.6. The lowest BCUT2D eigenvalue weighted by Crippen LogP contribution is -2.56. The Hall–Kier alpha value is -5.27. The molecule has 2 aromatic heterocycles. The second kappa shape index (κ2) is 16.0. The lowest BCUT2D eigenvalue weighted by molar-refractivity contribution is -0.145. The van der Waals surface area contributed by atoms with E-state index >= 15 is 0 Å². The number of piperidine rings is 1. The molecule has 0 spiro atoms. The Labute approximate surface area is 290 Å². The minimum Gasteiger partial charge on any atom is -0.467 e. The Morgan fingerprint density at radius 3 is 2.36 bits per heavy atom. The standard InChI is InChI=1S/C36H47N7O7/c1-36(2,3)50-35(48)37-18-10-9-14-28(32(45)49-4)39-31(44)29(21-23-22-38-26-12-6-5-11-25(23)26)41-33(46)42-19-16-24(17-20-42)43-30-15-8-7-13-27(30)40-34(43)47/h5-8,11-13,15,22,24,28-29,38H,9-10,14,16-21H2,1-4H3,(H,37,48)(H,39,44)(H,40,47)(H,41,46)/t28-,29+/m0/s1. The molecule has 0 radical (unpaired) electrons.